The number of ether oxygens (including phenoxy) is 1. The SMILES string of the molecule is C[C@H]1CC2C3CC[C@H]4N(C)C(=O)CC[C@]4(C)C3CC[C@]2(C)[C@H]1OCC(=O)O. The Labute approximate surface area is 162 Å². The summed E-state index contributed by atoms with van der Waals surface area (Å²) >= 11 is 0. The number of fused-ring (bicyclic) bond motifs is 5. The van der Waals surface area contributed by atoms with E-state index in [0.717, 1.165) is 25.7 Å². The number of likely N-dealkylation sites (tertiary alicyclic amines) is 1. The first-order chi connectivity index (χ1) is 12.7. The highest BCUT2D eigenvalue weighted by Crippen LogP contribution is 2.66. The summed E-state index contributed by atoms with van der Waals surface area (Å²) in [4.78, 5) is 25.4. The highest BCUT2D eigenvalue weighted by molar-refractivity contribution is 5.77. The van der Waals surface area contributed by atoms with Gasteiger partial charge in [-0.15, -0.1) is 0 Å². The molecule has 3 unspecified atom stereocenters. The molecular weight excluding hydrogens is 342 g/mol. The van der Waals surface area contributed by atoms with Gasteiger partial charge in [0.2, 0.25) is 5.91 Å². The lowest BCUT2D eigenvalue weighted by molar-refractivity contribution is -0.165. The Morgan fingerprint density at radius 3 is 2.63 bits per heavy atom. The van der Waals surface area contributed by atoms with Gasteiger partial charge in [-0.2, -0.15) is 0 Å². The minimum Gasteiger partial charge on any atom is -0.480 e. The molecule has 3 saturated carbocycles. The maximum Gasteiger partial charge on any atom is 0.329 e. The summed E-state index contributed by atoms with van der Waals surface area (Å²) in [5, 5.41) is 9.08. The maximum atomic E-state index is 12.3. The Hall–Kier alpha value is -1.10. The van der Waals surface area contributed by atoms with E-state index in [4.69, 9.17) is 9.84 Å². The van der Waals surface area contributed by atoms with E-state index in [0.29, 0.717) is 42.0 Å². The molecule has 0 spiro atoms. The van der Waals surface area contributed by atoms with Gasteiger partial charge in [-0.3, -0.25) is 4.79 Å². The molecule has 0 aromatic rings. The number of rotatable bonds is 3. The van der Waals surface area contributed by atoms with Gasteiger partial charge in [0.05, 0.1) is 6.10 Å². The van der Waals surface area contributed by atoms with Gasteiger partial charge in [0, 0.05) is 19.5 Å². The molecule has 5 heteroatoms. The zero-order valence-electron chi connectivity index (χ0n) is 17.2. The lowest BCUT2D eigenvalue weighted by atomic mass is 9.47. The van der Waals surface area contributed by atoms with E-state index in [1.807, 2.05) is 11.9 Å². The van der Waals surface area contributed by atoms with Crippen LogP contribution in [-0.4, -0.2) is 47.7 Å². The molecule has 0 bridgehead atoms. The smallest absolute Gasteiger partial charge is 0.329 e. The molecule has 5 nitrogen and oxygen atoms in total. The molecule has 3 aliphatic carbocycles. The van der Waals surface area contributed by atoms with Crippen LogP contribution in [0, 0.1) is 34.5 Å². The molecule has 0 aromatic carbocycles. The van der Waals surface area contributed by atoms with E-state index in [-0.39, 0.29) is 23.5 Å². The monoisotopic (exact) mass is 377 g/mol. The Morgan fingerprint density at radius 1 is 1.19 bits per heavy atom. The standard InChI is InChI=1S/C22H35NO4/c1-13-11-16-14-5-6-17-21(2,10-8-18(24)23(17)4)15(14)7-9-22(16,3)20(13)27-12-19(25)26/h13-17,20H,5-12H2,1-4H3,(H,25,26)/t13-,14?,15?,16?,17+,20-,21+,22-/m0/s1. The number of carbonyl (C=O) groups is 2. The lowest BCUT2D eigenvalue weighted by Crippen LogP contribution is -2.61. The zero-order chi connectivity index (χ0) is 19.6. The van der Waals surface area contributed by atoms with Crippen LogP contribution in [0.15, 0.2) is 0 Å². The molecule has 1 saturated heterocycles. The zero-order valence-corrected chi connectivity index (χ0v) is 17.2. The predicted octanol–water partition coefficient (Wildman–Crippen LogP) is 3.57. The first-order valence-electron chi connectivity index (χ1n) is 10.8. The average Bonchev–Trinajstić information content (AvgIpc) is 2.87. The van der Waals surface area contributed by atoms with Crippen LogP contribution >= 0.6 is 0 Å². The summed E-state index contributed by atoms with van der Waals surface area (Å²) in [5.41, 5.74) is 0.325. The Kier molecular flexibility index (Phi) is 4.60. The molecule has 0 aromatic heterocycles. The summed E-state index contributed by atoms with van der Waals surface area (Å²) in [6, 6.07) is 0.391. The lowest BCUT2D eigenvalue weighted by Gasteiger charge is -2.61. The minimum atomic E-state index is -0.870. The quantitative estimate of drug-likeness (QED) is 0.816. The fraction of sp³-hybridized carbons (Fsp3) is 0.909. The molecule has 1 heterocycles. The van der Waals surface area contributed by atoms with Gasteiger partial charge in [-0.05, 0) is 73.0 Å². The van der Waals surface area contributed by atoms with E-state index < -0.39 is 5.97 Å². The van der Waals surface area contributed by atoms with Gasteiger partial charge in [0.1, 0.15) is 6.61 Å². The number of piperidine rings is 1. The Bertz CT molecular complexity index is 636. The third kappa shape index (κ3) is 2.75. The van der Waals surface area contributed by atoms with Crippen molar-refractivity contribution >= 4 is 11.9 Å². The summed E-state index contributed by atoms with van der Waals surface area (Å²) in [6.45, 7) is 6.86. The van der Waals surface area contributed by atoms with Crippen molar-refractivity contribution in [2.24, 2.45) is 34.5 Å². The first-order valence-corrected chi connectivity index (χ1v) is 10.8. The molecule has 4 rings (SSSR count). The van der Waals surface area contributed by atoms with Crippen molar-refractivity contribution in [2.45, 2.75) is 77.9 Å². The van der Waals surface area contributed by atoms with Crippen molar-refractivity contribution in [3.05, 3.63) is 0 Å². The Morgan fingerprint density at radius 2 is 1.93 bits per heavy atom. The second-order valence-electron chi connectivity index (χ2n) is 10.4. The summed E-state index contributed by atoms with van der Waals surface area (Å²) in [6.07, 6.45) is 7.54. The molecule has 0 radical (unpaired) electrons. The molecule has 1 aliphatic heterocycles. The van der Waals surface area contributed by atoms with Crippen LogP contribution in [-0.2, 0) is 14.3 Å². The molecule has 27 heavy (non-hydrogen) atoms. The van der Waals surface area contributed by atoms with E-state index in [1.165, 1.54) is 12.8 Å². The maximum absolute atomic E-state index is 12.3. The number of hydrogen-bond donors (Lipinski definition) is 1. The largest absolute Gasteiger partial charge is 0.480 e. The van der Waals surface area contributed by atoms with Crippen LogP contribution in [0.25, 0.3) is 0 Å². The van der Waals surface area contributed by atoms with Crippen molar-refractivity contribution in [2.75, 3.05) is 13.7 Å². The molecule has 152 valence electrons. The second-order valence-corrected chi connectivity index (χ2v) is 10.4. The molecule has 1 amide bonds. The van der Waals surface area contributed by atoms with E-state index in [2.05, 4.69) is 20.8 Å². The third-order valence-electron chi connectivity index (χ3n) is 9.17. The van der Waals surface area contributed by atoms with Crippen molar-refractivity contribution < 1.29 is 19.4 Å². The fourth-order valence-electron chi connectivity index (χ4n) is 7.99. The van der Waals surface area contributed by atoms with Crippen molar-refractivity contribution in [3.63, 3.8) is 0 Å². The van der Waals surface area contributed by atoms with Crippen LogP contribution in [0.1, 0.15) is 65.7 Å². The van der Waals surface area contributed by atoms with Gasteiger partial charge in [-0.1, -0.05) is 20.8 Å². The normalized spacial score (nSPS) is 49.3. The first kappa shape index (κ1) is 19.2. The second kappa shape index (κ2) is 6.47. The molecule has 4 aliphatic rings. The van der Waals surface area contributed by atoms with Crippen LogP contribution < -0.4 is 0 Å². The van der Waals surface area contributed by atoms with Gasteiger partial charge >= 0.3 is 5.97 Å². The van der Waals surface area contributed by atoms with Crippen LogP contribution in [0.2, 0.25) is 0 Å². The number of aliphatic carboxylic acids is 1. The highest BCUT2D eigenvalue weighted by atomic mass is 16.5. The summed E-state index contributed by atoms with van der Waals surface area (Å²) in [7, 11) is 2.01. The minimum absolute atomic E-state index is 0.0562. The number of carbonyl (C=O) groups excluding carboxylic acids is 1. The van der Waals surface area contributed by atoms with E-state index in [1.54, 1.807) is 0 Å². The van der Waals surface area contributed by atoms with E-state index in [9.17, 15) is 9.59 Å². The highest BCUT2D eigenvalue weighted by Gasteiger charge is 2.62. The number of carboxylic acids is 1. The number of carboxylic acid groups (broad SMARTS) is 1. The fourth-order valence-corrected chi connectivity index (χ4v) is 7.99. The topological polar surface area (TPSA) is 66.8 Å². The van der Waals surface area contributed by atoms with Crippen molar-refractivity contribution in [3.8, 4) is 0 Å². The van der Waals surface area contributed by atoms with Gasteiger partial charge < -0.3 is 14.7 Å². The molecule has 4 fully saturated rings. The van der Waals surface area contributed by atoms with Crippen LogP contribution in [0.3, 0.4) is 0 Å². The Balaban J connectivity index is 1.59. The van der Waals surface area contributed by atoms with Crippen molar-refractivity contribution in [1.29, 1.82) is 0 Å². The summed E-state index contributed by atoms with van der Waals surface area (Å²) < 4.78 is 5.94. The van der Waals surface area contributed by atoms with Crippen LogP contribution in [0.4, 0.5) is 0 Å². The van der Waals surface area contributed by atoms with E-state index >= 15 is 0 Å². The summed E-state index contributed by atoms with van der Waals surface area (Å²) in [5.74, 6) is 1.84. The third-order valence-corrected chi connectivity index (χ3v) is 9.17. The van der Waals surface area contributed by atoms with Crippen LogP contribution in [0.5, 0.6) is 0 Å². The number of amides is 1. The van der Waals surface area contributed by atoms with Gasteiger partial charge in [0.15, 0.2) is 0 Å². The number of hydrogen-bond acceptors (Lipinski definition) is 3. The predicted molar refractivity (Wildman–Crippen MR) is 102 cm³/mol. The molecule has 8 atom stereocenters. The molecular formula is C22H35NO4. The van der Waals surface area contributed by atoms with Gasteiger partial charge in [0.25, 0.3) is 0 Å². The van der Waals surface area contributed by atoms with Crippen molar-refractivity contribution in [1.82, 2.24) is 4.90 Å². The molecule has 1 N–H and O–H groups in total. The number of nitrogens with zero attached hydrogens (tertiary/aromatic N) is 1. The average molecular weight is 378 g/mol. The van der Waals surface area contributed by atoms with Gasteiger partial charge in [-0.25, -0.2) is 4.79 Å².